The van der Waals surface area contributed by atoms with Crippen molar-refractivity contribution >= 4 is 23.4 Å². The molecular weight excluding hydrogens is 260 g/mol. The second-order valence-corrected chi connectivity index (χ2v) is 4.72. The van der Waals surface area contributed by atoms with Gasteiger partial charge in [-0.3, -0.25) is 10.1 Å². The second-order valence-electron chi connectivity index (χ2n) is 3.71. The lowest BCUT2D eigenvalue weighted by Crippen LogP contribution is -2.05. The first-order valence-corrected chi connectivity index (χ1v) is 6.05. The number of aromatic carboxylic acids is 1. The molecule has 98 valence electrons. The minimum atomic E-state index is -1.26. The smallest absolute Gasteiger partial charge is 0.337 e. The van der Waals surface area contributed by atoms with Gasteiger partial charge in [0.1, 0.15) is 0 Å². The van der Waals surface area contributed by atoms with E-state index in [4.69, 9.17) is 10.2 Å². The Labute approximate surface area is 107 Å². The average Bonchev–Trinajstić information content (AvgIpc) is 2.35. The molecule has 1 rings (SSSR count). The molecule has 1 aromatic rings. The molecule has 1 heterocycles. The largest absolute Gasteiger partial charge is 0.478 e. The third-order valence-corrected chi connectivity index (χ3v) is 3.42. The minimum Gasteiger partial charge on any atom is -0.478 e. The number of hydrogen-bond acceptors (Lipinski definition) is 6. The van der Waals surface area contributed by atoms with Crippen molar-refractivity contribution in [1.82, 2.24) is 4.98 Å². The van der Waals surface area contributed by atoms with E-state index in [9.17, 15) is 14.9 Å². The second kappa shape index (κ2) is 6.31. The van der Waals surface area contributed by atoms with Gasteiger partial charge in [-0.25, -0.2) is 9.78 Å². The summed E-state index contributed by atoms with van der Waals surface area (Å²) in [5.41, 5.74) is -0.550. The Morgan fingerprint density at radius 2 is 2.33 bits per heavy atom. The highest BCUT2D eigenvalue weighted by Gasteiger charge is 2.19. The fourth-order valence-electron chi connectivity index (χ4n) is 1.07. The number of carboxylic acids is 1. The molecule has 0 aromatic carbocycles. The zero-order valence-electron chi connectivity index (χ0n) is 9.57. The van der Waals surface area contributed by atoms with E-state index >= 15 is 0 Å². The van der Waals surface area contributed by atoms with E-state index in [0.717, 1.165) is 24.0 Å². The third kappa shape index (κ3) is 3.67. The number of aliphatic hydroxyl groups excluding tert-OH is 1. The number of aromatic nitrogens is 1. The molecular formula is C10H12N2O5S. The number of nitro groups is 1. The van der Waals surface area contributed by atoms with Gasteiger partial charge in [0.25, 0.3) is 0 Å². The molecule has 0 saturated carbocycles. The van der Waals surface area contributed by atoms with Gasteiger partial charge in [0.05, 0.1) is 10.5 Å². The lowest BCUT2D eigenvalue weighted by atomic mass is 10.2. The quantitative estimate of drug-likeness (QED) is 0.457. The summed E-state index contributed by atoms with van der Waals surface area (Å²) in [7, 11) is 0. The Morgan fingerprint density at radius 1 is 1.67 bits per heavy atom. The van der Waals surface area contributed by atoms with Crippen LogP contribution in [0.4, 0.5) is 5.69 Å². The van der Waals surface area contributed by atoms with Crippen LogP contribution in [0.5, 0.6) is 0 Å². The van der Waals surface area contributed by atoms with Crippen LogP contribution in [0.2, 0.25) is 0 Å². The van der Waals surface area contributed by atoms with Crippen molar-refractivity contribution in [3.8, 4) is 0 Å². The topological polar surface area (TPSA) is 114 Å². The summed E-state index contributed by atoms with van der Waals surface area (Å²) >= 11 is 1.12. The summed E-state index contributed by atoms with van der Waals surface area (Å²) in [5.74, 6) is -0.807. The molecule has 0 spiro atoms. The van der Waals surface area contributed by atoms with Gasteiger partial charge in [-0.2, -0.15) is 0 Å². The van der Waals surface area contributed by atoms with Gasteiger partial charge in [0, 0.05) is 24.6 Å². The molecule has 0 bridgehead atoms. The van der Waals surface area contributed by atoms with Crippen molar-refractivity contribution in [2.45, 2.75) is 11.9 Å². The van der Waals surface area contributed by atoms with Crippen LogP contribution < -0.4 is 0 Å². The molecule has 8 heteroatoms. The Morgan fingerprint density at radius 3 is 2.83 bits per heavy atom. The van der Waals surface area contributed by atoms with E-state index < -0.39 is 10.9 Å². The predicted molar refractivity (Wildman–Crippen MR) is 64.8 cm³/mol. The van der Waals surface area contributed by atoms with Crippen LogP contribution >= 0.6 is 11.8 Å². The van der Waals surface area contributed by atoms with Crippen molar-refractivity contribution in [1.29, 1.82) is 0 Å². The van der Waals surface area contributed by atoms with E-state index in [-0.39, 0.29) is 28.8 Å². The zero-order valence-corrected chi connectivity index (χ0v) is 10.4. The molecule has 0 aliphatic rings. The summed E-state index contributed by atoms with van der Waals surface area (Å²) in [6.07, 6.45) is 1.08. The van der Waals surface area contributed by atoms with Crippen molar-refractivity contribution in [2.75, 3.05) is 12.4 Å². The number of carbonyl (C=O) groups is 1. The van der Waals surface area contributed by atoms with Gasteiger partial charge in [-0.05, 0) is 5.92 Å². The third-order valence-electron chi connectivity index (χ3n) is 2.09. The lowest BCUT2D eigenvalue weighted by Gasteiger charge is -2.07. The number of aliphatic hydroxyl groups is 1. The highest BCUT2D eigenvalue weighted by Crippen LogP contribution is 2.28. The maximum atomic E-state index is 10.8. The number of pyridine rings is 1. The highest BCUT2D eigenvalue weighted by atomic mass is 32.2. The van der Waals surface area contributed by atoms with Gasteiger partial charge in [0.15, 0.2) is 5.03 Å². The molecule has 0 radical (unpaired) electrons. The number of nitrogens with zero attached hydrogens (tertiary/aromatic N) is 2. The average molecular weight is 272 g/mol. The molecule has 0 aliphatic heterocycles. The minimum absolute atomic E-state index is 0.0180. The van der Waals surface area contributed by atoms with E-state index in [1.54, 1.807) is 6.92 Å². The van der Waals surface area contributed by atoms with Crippen molar-refractivity contribution in [2.24, 2.45) is 5.92 Å². The van der Waals surface area contributed by atoms with Gasteiger partial charge in [-0.15, -0.1) is 0 Å². The van der Waals surface area contributed by atoms with E-state index in [1.165, 1.54) is 0 Å². The fourth-order valence-corrected chi connectivity index (χ4v) is 2.03. The van der Waals surface area contributed by atoms with E-state index in [0.29, 0.717) is 5.75 Å². The molecule has 2 N–H and O–H groups in total. The molecule has 18 heavy (non-hydrogen) atoms. The molecule has 0 saturated heterocycles. The van der Waals surface area contributed by atoms with Crippen LogP contribution in [0.1, 0.15) is 17.3 Å². The Hall–Kier alpha value is -1.67. The Bertz CT molecular complexity index is 466. The standard InChI is InChI=1S/C10H12N2O5S/c1-6(4-13)5-18-9-8(12(16)17)2-7(3-11-9)10(14)15/h2-3,6,13H,4-5H2,1H3,(H,14,15). The first kappa shape index (κ1) is 14.4. The van der Waals surface area contributed by atoms with Crippen LogP contribution in [0.3, 0.4) is 0 Å². The molecule has 0 amide bonds. The number of carboxylic acid groups (broad SMARTS) is 1. The van der Waals surface area contributed by atoms with Crippen molar-refractivity contribution in [3.05, 3.63) is 27.9 Å². The number of hydrogen-bond donors (Lipinski definition) is 2. The first-order chi connectivity index (χ1) is 8.45. The van der Waals surface area contributed by atoms with Crippen LogP contribution in [-0.2, 0) is 0 Å². The van der Waals surface area contributed by atoms with E-state index in [2.05, 4.69) is 4.98 Å². The molecule has 0 fully saturated rings. The van der Waals surface area contributed by atoms with Crippen LogP contribution in [0, 0.1) is 16.0 Å². The zero-order chi connectivity index (χ0) is 13.7. The SMILES string of the molecule is CC(CO)CSc1ncc(C(=O)O)cc1[N+](=O)[O-]. The Balaban J connectivity index is 2.97. The summed E-state index contributed by atoms with van der Waals surface area (Å²) in [5, 5.41) is 28.6. The molecule has 0 aliphatic carbocycles. The lowest BCUT2D eigenvalue weighted by molar-refractivity contribution is -0.388. The summed E-state index contributed by atoms with van der Waals surface area (Å²) in [6.45, 7) is 1.78. The summed E-state index contributed by atoms with van der Waals surface area (Å²) in [4.78, 5) is 24.6. The molecule has 1 unspecified atom stereocenters. The van der Waals surface area contributed by atoms with Crippen molar-refractivity contribution in [3.63, 3.8) is 0 Å². The fraction of sp³-hybridized carbons (Fsp3) is 0.400. The highest BCUT2D eigenvalue weighted by molar-refractivity contribution is 7.99. The summed E-state index contributed by atoms with van der Waals surface area (Å²) in [6, 6.07) is 0.987. The first-order valence-electron chi connectivity index (χ1n) is 5.07. The van der Waals surface area contributed by atoms with Gasteiger partial charge in [-0.1, -0.05) is 18.7 Å². The predicted octanol–water partition coefficient (Wildman–Crippen LogP) is 1.41. The number of thioether (sulfide) groups is 1. The van der Waals surface area contributed by atoms with Crippen molar-refractivity contribution < 1.29 is 19.9 Å². The van der Waals surface area contributed by atoms with Crippen LogP contribution in [0.25, 0.3) is 0 Å². The van der Waals surface area contributed by atoms with E-state index in [1.807, 2.05) is 0 Å². The number of rotatable bonds is 6. The van der Waals surface area contributed by atoms with Crippen LogP contribution in [0.15, 0.2) is 17.3 Å². The monoisotopic (exact) mass is 272 g/mol. The maximum Gasteiger partial charge on any atom is 0.337 e. The molecule has 1 aromatic heterocycles. The maximum absolute atomic E-state index is 10.8. The van der Waals surface area contributed by atoms with Crippen LogP contribution in [-0.4, -0.2) is 38.4 Å². The Kier molecular flexibility index (Phi) is 5.05. The van der Waals surface area contributed by atoms with Gasteiger partial charge < -0.3 is 10.2 Å². The normalized spacial score (nSPS) is 12.1. The molecule has 1 atom stereocenters. The van der Waals surface area contributed by atoms with Gasteiger partial charge >= 0.3 is 11.7 Å². The molecule has 7 nitrogen and oxygen atoms in total. The van der Waals surface area contributed by atoms with Gasteiger partial charge in [0.2, 0.25) is 0 Å². The summed E-state index contributed by atoms with van der Waals surface area (Å²) < 4.78 is 0.